The SMILES string of the molecule is Cc1cc(=S)cc(C)s1. The van der Waals surface area contributed by atoms with E-state index in [0.717, 1.165) is 4.51 Å². The van der Waals surface area contributed by atoms with Crippen LogP contribution in [0.1, 0.15) is 9.75 Å². The van der Waals surface area contributed by atoms with E-state index >= 15 is 0 Å². The second kappa shape index (κ2) is 2.58. The van der Waals surface area contributed by atoms with Gasteiger partial charge in [-0.1, -0.05) is 12.2 Å². The molecule has 0 unspecified atom stereocenters. The third-order valence-electron chi connectivity index (χ3n) is 1.01. The molecule has 0 amide bonds. The first kappa shape index (κ1) is 6.90. The van der Waals surface area contributed by atoms with E-state index in [-0.39, 0.29) is 0 Å². The minimum Gasteiger partial charge on any atom is -0.146 e. The van der Waals surface area contributed by atoms with Crippen molar-refractivity contribution < 1.29 is 0 Å². The van der Waals surface area contributed by atoms with Gasteiger partial charge in [0, 0.05) is 14.3 Å². The van der Waals surface area contributed by atoms with Crippen LogP contribution in [0.25, 0.3) is 0 Å². The normalized spacial score (nSPS) is 9.56. The molecular weight excluding hydrogens is 148 g/mol. The summed E-state index contributed by atoms with van der Waals surface area (Å²) in [6.45, 7) is 4.15. The maximum atomic E-state index is 4.99. The minimum atomic E-state index is 0.948. The molecule has 0 aromatic carbocycles. The topological polar surface area (TPSA) is 0 Å². The quantitative estimate of drug-likeness (QED) is 0.520. The molecule has 0 aliphatic carbocycles. The fourth-order valence-corrected chi connectivity index (χ4v) is 2.14. The van der Waals surface area contributed by atoms with Crippen molar-refractivity contribution in [2.75, 3.05) is 0 Å². The molecule has 0 saturated heterocycles. The molecule has 0 aliphatic heterocycles. The van der Waals surface area contributed by atoms with Gasteiger partial charge in [0.25, 0.3) is 0 Å². The summed E-state index contributed by atoms with van der Waals surface area (Å²) in [5.74, 6) is 0. The molecule has 0 atom stereocenters. The monoisotopic (exact) mass is 156 g/mol. The van der Waals surface area contributed by atoms with Crippen molar-refractivity contribution in [1.29, 1.82) is 0 Å². The lowest BCUT2D eigenvalue weighted by atomic mass is 10.4. The standard InChI is InChI=1S/C7H8S2/c1-5-3-7(8)4-6(2)9-5/h3-4H,1-2H3. The van der Waals surface area contributed by atoms with Crippen LogP contribution >= 0.6 is 23.6 Å². The minimum absolute atomic E-state index is 0.948. The Kier molecular flexibility index (Phi) is 1.98. The zero-order valence-electron chi connectivity index (χ0n) is 5.47. The van der Waals surface area contributed by atoms with E-state index < -0.39 is 0 Å². The molecule has 0 spiro atoms. The molecule has 1 heterocycles. The lowest BCUT2D eigenvalue weighted by Crippen LogP contribution is -1.68. The van der Waals surface area contributed by atoms with Crippen molar-refractivity contribution in [3.63, 3.8) is 0 Å². The van der Waals surface area contributed by atoms with Crippen LogP contribution in [0.4, 0.5) is 0 Å². The van der Waals surface area contributed by atoms with Crippen LogP contribution in [-0.2, 0) is 0 Å². The second-order valence-electron chi connectivity index (χ2n) is 2.01. The van der Waals surface area contributed by atoms with Gasteiger partial charge in [-0.05, 0) is 26.0 Å². The fraction of sp³-hybridized carbons (Fsp3) is 0.286. The number of aryl methyl sites for hydroxylation is 2. The van der Waals surface area contributed by atoms with Gasteiger partial charge >= 0.3 is 0 Å². The van der Waals surface area contributed by atoms with E-state index in [1.54, 1.807) is 11.3 Å². The van der Waals surface area contributed by atoms with Crippen molar-refractivity contribution >= 4 is 23.6 Å². The van der Waals surface area contributed by atoms with Crippen LogP contribution in [0.2, 0.25) is 0 Å². The van der Waals surface area contributed by atoms with Crippen LogP contribution in [0.15, 0.2) is 12.1 Å². The van der Waals surface area contributed by atoms with Gasteiger partial charge in [-0.2, -0.15) is 0 Å². The van der Waals surface area contributed by atoms with E-state index in [1.807, 2.05) is 12.1 Å². The summed E-state index contributed by atoms with van der Waals surface area (Å²) in [5, 5.41) is 0. The Hall–Kier alpha value is -0.210. The highest BCUT2D eigenvalue weighted by Gasteiger charge is 1.86. The van der Waals surface area contributed by atoms with Crippen LogP contribution in [0, 0.1) is 18.4 Å². The molecule has 0 fully saturated rings. The van der Waals surface area contributed by atoms with Gasteiger partial charge in [-0.25, -0.2) is 0 Å². The predicted molar refractivity (Wildman–Crippen MR) is 44.6 cm³/mol. The van der Waals surface area contributed by atoms with Crippen LogP contribution in [0.3, 0.4) is 0 Å². The molecule has 0 radical (unpaired) electrons. The largest absolute Gasteiger partial charge is 0.146 e. The van der Waals surface area contributed by atoms with Crippen molar-refractivity contribution in [3.05, 3.63) is 26.4 Å². The van der Waals surface area contributed by atoms with Crippen LogP contribution in [-0.4, -0.2) is 0 Å². The van der Waals surface area contributed by atoms with Gasteiger partial charge in [-0.3, -0.25) is 0 Å². The van der Waals surface area contributed by atoms with Crippen molar-refractivity contribution in [2.24, 2.45) is 0 Å². The highest BCUT2D eigenvalue weighted by Crippen LogP contribution is 2.11. The van der Waals surface area contributed by atoms with Crippen molar-refractivity contribution in [3.8, 4) is 0 Å². The van der Waals surface area contributed by atoms with E-state index in [9.17, 15) is 0 Å². The zero-order chi connectivity index (χ0) is 6.85. The second-order valence-corrected chi connectivity index (χ2v) is 3.98. The molecule has 0 aliphatic rings. The van der Waals surface area contributed by atoms with Gasteiger partial charge in [0.2, 0.25) is 0 Å². The van der Waals surface area contributed by atoms with E-state index in [4.69, 9.17) is 12.2 Å². The van der Waals surface area contributed by atoms with Crippen molar-refractivity contribution in [2.45, 2.75) is 13.8 Å². The molecule has 1 rings (SSSR count). The molecular formula is C7H8S2. The van der Waals surface area contributed by atoms with Gasteiger partial charge in [0.05, 0.1) is 0 Å². The summed E-state index contributed by atoms with van der Waals surface area (Å²) in [6.07, 6.45) is 0. The molecule has 0 bridgehead atoms. The fourth-order valence-electron chi connectivity index (χ4n) is 0.755. The summed E-state index contributed by atoms with van der Waals surface area (Å²) in [5.41, 5.74) is 0. The van der Waals surface area contributed by atoms with E-state index in [0.29, 0.717) is 0 Å². The van der Waals surface area contributed by atoms with Gasteiger partial charge in [0.1, 0.15) is 0 Å². The number of hydrogen-bond acceptors (Lipinski definition) is 2. The zero-order valence-corrected chi connectivity index (χ0v) is 7.10. The smallest absolute Gasteiger partial charge is 0.0398 e. The molecule has 48 valence electrons. The third kappa shape index (κ3) is 1.88. The summed E-state index contributed by atoms with van der Waals surface area (Å²) >= 11 is 6.77. The Labute approximate surface area is 64.2 Å². The van der Waals surface area contributed by atoms with Gasteiger partial charge < -0.3 is 0 Å². The Morgan fingerprint density at radius 1 is 1.22 bits per heavy atom. The predicted octanol–water partition coefficient (Wildman–Crippen LogP) is 3.09. The third-order valence-corrected chi connectivity index (χ3v) is 2.13. The lowest BCUT2D eigenvalue weighted by molar-refractivity contribution is 1.53. The Bertz CT molecular complexity index is 237. The van der Waals surface area contributed by atoms with E-state index in [1.165, 1.54) is 9.75 Å². The van der Waals surface area contributed by atoms with Crippen LogP contribution < -0.4 is 0 Å². The molecule has 2 heteroatoms. The summed E-state index contributed by atoms with van der Waals surface area (Å²) in [4.78, 5) is 2.58. The van der Waals surface area contributed by atoms with Crippen molar-refractivity contribution in [1.82, 2.24) is 0 Å². The summed E-state index contributed by atoms with van der Waals surface area (Å²) in [6, 6.07) is 4.04. The van der Waals surface area contributed by atoms with Gasteiger partial charge in [-0.15, -0.1) is 11.3 Å². The molecule has 0 N–H and O–H groups in total. The maximum absolute atomic E-state index is 4.99. The average Bonchev–Trinajstić information content (AvgIpc) is 1.59. The maximum Gasteiger partial charge on any atom is 0.0398 e. The molecule has 0 nitrogen and oxygen atoms in total. The molecule has 0 saturated carbocycles. The summed E-state index contributed by atoms with van der Waals surface area (Å²) < 4.78 is 0.948. The molecule has 1 aromatic heterocycles. The van der Waals surface area contributed by atoms with Gasteiger partial charge in [0.15, 0.2) is 0 Å². The van der Waals surface area contributed by atoms with E-state index in [2.05, 4.69) is 13.8 Å². The highest BCUT2D eigenvalue weighted by molar-refractivity contribution is 7.71. The average molecular weight is 156 g/mol. The van der Waals surface area contributed by atoms with Crippen LogP contribution in [0.5, 0.6) is 0 Å². The highest BCUT2D eigenvalue weighted by atomic mass is 32.1. The molecule has 9 heavy (non-hydrogen) atoms. The Balaban J connectivity index is 3.33. The first-order chi connectivity index (χ1) is 4.18. The number of rotatable bonds is 0. The lowest BCUT2D eigenvalue weighted by Gasteiger charge is -1.90. The first-order valence-electron chi connectivity index (χ1n) is 2.77. The Morgan fingerprint density at radius 2 is 1.67 bits per heavy atom. The first-order valence-corrected chi connectivity index (χ1v) is 3.99. The Morgan fingerprint density at radius 3 is 2.00 bits per heavy atom. The summed E-state index contributed by atoms with van der Waals surface area (Å²) in [7, 11) is 0. The number of hydrogen-bond donors (Lipinski definition) is 0. The molecule has 1 aromatic rings.